The third-order valence-electron chi connectivity index (χ3n) is 2.88. The van der Waals surface area contributed by atoms with Gasteiger partial charge in [-0.15, -0.1) is 0 Å². The van der Waals surface area contributed by atoms with Crippen LogP contribution >= 0.6 is 0 Å². The van der Waals surface area contributed by atoms with E-state index in [2.05, 4.69) is 5.32 Å². The zero-order valence-electron chi connectivity index (χ0n) is 10.1. The highest BCUT2D eigenvalue weighted by molar-refractivity contribution is 7.87. The number of carbonyl (C=O) groups is 1. The summed E-state index contributed by atoms with van der Waals surface area (Å²) in [5.41, 5.74) is 1.75. The predicted molar refractivity (Wildman–Crippen MR) is 70.0 cm³/mol. The smallest absolute Gasteiger partial charge is 0.299 e. The van der Waals surface area contributed by atoms with Crippen molar-refractivity contribution in [1.29, 1.82) is 0 Å². The van der Waals surface area contributed by atoms with Crippen LogP contribution in [-0.2, 0) is 21.3 Å². The maximum absolute atomic E-state index is 11.2. The topological polar surface area (TPSA) is 104 Å². The molecule has 19 heavy (non-hydrogen) atoms. The number of anilines is 1. The van der Waals surface area contributed by atoms with Crippen LogP contribution in [0.4, 0.5) is 5.69 Å². The highest BCUT2D eigenvalue weighted by atomic mass is 32.2. The summed E-state index contributed by atoms with van der Waals surface area (Å²) in [4.78, 5) is 8.63. The van der Waals surface area contributed by atoms with Gasteiger partial charge in [0.1, 0.15) is 0 Å². The summed E-state index contributed by atoms with van der Waals surface area (Å²) < 4.78 is 31.4. The van der Waals surface area contributed by atoms with Crippen LogP contribution in [0.15, 0.2) is 24.3 Å². The normalized spacial score (nSPS) is 21.8. The van der Waals surface area contributed by atoms with Crippen molar-refractivity contribution in [1.82, 2.24) is 0 Å². The summed E-state index contributed by atoms with van der Waals surface area (Å²) in [6.07, 6.45) is 2.19. The molecule has 0 aromatic heterocycles. The number of aliphatic hydroxyl groups is 1. The first-order valence-corrected chi connectivity index (χ1v) is 6.94. The highest BCUT2D eigenvalue weighted by Gasteiger charge is 2.40. The molecule has 0 radical (unpaired) electrons. The maximum atomic E-state index is 11.2. The van der Waals surface area contributed by atoms with Gasteiger partial charge >= 0.3 is 0 Å². The Balaban J connectivity index is 2.41. The molecule has 1 aromatic rings. The van der Waals surface area contributed by atoms with Crippen molar-refractivity contribution in [2.24, 2.45) is 0 Å². The molecular formula is C12H13NO5S. The summed E-state index contributed by atoms with van der Waals surface area (Å²) in [6, 6.07) is 4.93. The van der Waals surface area contributed by atoms with E-state index in [9.17, 15) is 18.3 Å². The van der Waals surface area contributed by atoms with E-state index in [-0.39, 0.29) is 12.3 Å². The number of hydrogen-bond donors (Lipinski definition) is 3. The number of benzene rings is 1. The van der Waals surface area contributed by atoms with Crippen molar-refractivity contribution in [3.05, 3.63) is 35.4 Å². The number of carbonyl (C=O) groups excluding carboxylic acids is 1. The first-order chi connectivity index (χ1) is 8.71. The fraction of sp³-hybridized carbons (Fsp3) is 0.250. The third-order valence-corrected chi connectivity index (χ3v) is 4.05. The lowest BCUT2D eigenvalue weighted by Gasteiger charge is -2.26. The lowest BCUT2D eigenvalue weighted by Crippen LogP contribution is -2.39. The molecule has 1 atom stereocenters. The van der Waals surface area contributed by atoms with E-state index in [1.165, 1.54) is 13.0 Å². The van der Waals surface area contributed by atoms with Gasteiger partial charge in [0.05, 0.1) is 0 Å². The fourth-order valence-corrected chi connectivity index (χ4v) is 2.51. The van der Waals surface area contributed by atoms with E-state index in [1.54, 1.807) is 18.2 Å². The van der Waals surface area contributed by atoms with Gasteiger partial charge in [-0.05, 0) is 29.3 Å². The Morgan fingerprint density at radius 3 is 2.68 bits per heavy atom. The molecule has 0 fully saturated rings. The number of fused-ring (bicyclic) bond motifs is 1. The maximum Gasteiger partial charge on any atom is 0.299 e. The van der Waals surface area contributed by atoms with Gasteiger partial charge in [0, 0.05) is 19.0 Å². The van der Waals surface area contributed by atoms with E-state index in [0.717, 1.165) is 11.6 Å². The minimum Gasteiger partial charge on any atom is -0.369 e. The standard InChI is InChI=1S/C12H13NO5S/c1-8(14)13-11-3-2-9-4-5-12(15,19(16,17)18)7-10(9)6-11/h2-6,15H,7H2,1H3,(H,13,14)(H,16,17,18). The van der Waals surface area contributed by atoms with Gasteiger partial charge in [0.25, 0.3) is 10.1 Å². The van der Waals surface area contributed by atoms with Crippen LogP contribution in [-0.4, -0.2) is 28.9 Å². The molecule has 1 aliphatic carbocycles. The molecule has 0 bridgehead atoms. The Hall–Kier alpha value is -1.70. The average molecular weight is 283 g/mol. The molecule has 1 aromatic carbocycles. The monoisotopic (exact) mass is 283 g/mol. The Labute approximate surface area is 110 Å². The lowest BCUT2D eigenvalue weighted by molar-refractivity contribution is -0.114. The zero-order valence-corrected chi connectivity index (χ0v) is 10.9. The Bertz CT molecular complexity index is 665. The molecule has 1 amide bonds. The van der Waals surface area contributed by atoms with Crippen LogP contribution in [0.1, 0.15) is 18.1 Å². The Kier molecular flexibility index (Phi) is 3.21. The molecule has 0 spiro atoms. The SMILES string of the molecule is CC(=O)Nc1ccc2c(c1)CC(O)(S(=O)(=O)O)C=C2. The Morgan fingerprint density at radius 2 is 2.11 bits per heavy atom. The van der Waals surface area contributed by atoms with E-state index < -0.39 is 15.1 Å². The number of rotatable bonds is 2. The molecule has 6 nitrogen and oxygen atoms in total. The molecule has 2 rings (SSSR count). The van der Waals surface area contributed by atoms with Crippen LogP contribution in [0, 0.1) is 0 Å². The minimum absolute atomic E-state index is 0.253. The number of nitrogens with one attached hydrogen (secondary N) is 1. The average Bonchev–Trinajstić information content (AvgIpc) is 2.26. The summed E-state index contributed by atoms with van der Waals surface area (Å²) in [6.45, 7) is 1.36. The number of amides is 1. The minimum atomic E-state index is -4.62. The Morgan fingerprint density at radius 1 is 1.42 bits per heavy atom. The van der Waals surface area contributed by atoms with E-state index in [4.69, 9.17) is 4.55 Å². The zero-order chi connectivity index (χ0) is 14.3. The molecular weight excluding hydrogens is 270 g/mol. The highest BCUT2D eigenvalue weighted by Crippen LogP contribution is 2.31. The quantitative estimate of drug-likeness (QED) is 0.696. The third kappa shape index (κ3) is 2.67. The summed E-state index contributed by atoms with van der Waals surface area (Å²) in [5.74, 6) is -0.253. The van der Waals surface area contributed by atoms with E-state index in [1.807, 2.05) is 0 Å². The molecule has 102 valence electrons. The molecule has 3 N–H and O–H groups in total. The predicted octanol–water partition coefficient (Wildman–Crippen LogP) is 0.791. The summed E-state index contributed by atoms with van der Waals surface area (Å²) in [5, 5.41) is 12.5. The van der Waals surface area contributed by atoms with Crippen molar-refractivity contribution in [3.8, 4) is 0 Å². The van der Waals surface area contributed by atoms with Crippen molar-refractivity contribution in [2.45, 2.75) is 18.3 Å². The van der Waals surface area contributed by atoms with Gasteiger partial charge in [0.15, 0.2) is 0 Å². The van der Waals surface area contributed by atoms with Crippen LogP contribution in [0.5, 0.6) is 0 Å². The van der Waals surface area contributed by atoms with Gasteiger partial charge in [-0.3, -0.25) is 9.35 Å². The summed E-state index contributed by atoms with van der Waals surface area (Å²) in [7, 11) is -4.62. The molecule has 0 saturated carbocycles. The first-order valence-electron chi connectivity index (χ1n) is 5.50. The van der Waals surface area contributed by atoms with Gasteiger partial charge in [-0.1, -0.05) is 12.1 Å². The molecule has 7 heteroatoms. The van der Waals surface area contributed by atoms with E-state index in [0.29, 0.717) is 11.3 Å². The second-order valence-electron chi connectivity index (χ2n) is 4.42. The van der Waals surface area contributed by atoms with Gasteiger partial charge in [-0.2, -0.15) is 8.42 Å². The van der Waals surface area contributed by atoms with Crippen LogP contribution in [0.2, 0.25) is 0 Å². The van der Waals surface area contributed by atoms with Crippen molar-refractivity contribution < 1.29 is 22.9 Å². The molecule has 0 heterocycles. The van der Waals surface area contributed by atoms with Gasteiger partial charge in [0.2, 0.25) is 10.8 Å². The lowest BCUT2D eigenvalue weighted by atomic mass is 9.95. The van der Waals surface area contributed by atoms with Crippen LogP contribution in [0.3, 0.4) is 0 Å². The van der Waals surface area contributed by atoms with Gasteiger partial charge < -0.3 is 10.4 Å². The van der Waals surface area contributed by atoms with Crippen LogP contribution in [0.25, 0.3) is 6.08 Å². The molecule has 1 unspecified atom stereocenters. The molecule has 1 aliphatic rings. The van der Waals surface area contributed by atoms with Gasteiger partial charge in [-0.25, -0.2) is 0 Å². The molecule has 0 saturated heterocycles. The fourth-order valence-electron chi connectivity index (χ4n) is 1.93. The van der Waals surface area contributed by atoms with E-state index >= 15 is 0 Å². The van der Waals surface area contributed by atoms with Crippen molar-refractivity contribution in [3.63, 3.8) is 0 Å². The van der Waals surface area contributed by atoms with Crippen molar-refractivity contribution in [2.75, 3.05) is 5.32 Å². The summed E-state index contributed by atoms with van der Waals surface area (Å²) >= 11 is 0. The molecule has 0 aliphatic heterocycles. The second-order valence-corrected chi connectivity index (χ2v) is 6.08. The van der Waals surface area contributed by atoms with Crippen molar-refractivity contribution >= 4 is 27.8 Å². The number of hydrogen-bond acceptors (Lipinski definition) is 4. The second kappa shape index (κ2) is 4.44. The largest absolute Gasteiger partial charge is 0.369 e. The van der Waals surface area contributed by atoms with Crippen LogP contribution < -0.4 is 5.32 Å². The first kappa shape index (κ1) is 13.7.